The number of hydrogen-bond acceptors (Lipinski definition) is 3. The molecule has 0 aliphatic carbocycles. The van der Waals surface area contributed by atoms with Crippen LogP contribution in [0.2, 0.25) is 0 Å². The highest BCUT2D eigenvalue weighted by atomic mass is 19.1. The van der Waals surface area contributed by atoms with Crippen molar-refractivity contribution in [1.82, 2.24) is 9.80 Å². The summed E-state index contributed by atoms with van der Waals surface area (Å²) in [5.74, 6) is 0.419. The maximum Gasteiger partial charge on any atom is 0.322 e. The molecule has 37 heavy (non-hydrogen) atoms. The largest absolute Gasteiger partial charge is 0.497 e. The highest BCUT2D eigenvalue weighted by Gasteiger charge is 2.29. The van der Waals surface area contributed by atoms with Crippen LogP contribution < -0.4 is 10.1 Å². The maximum atomic E-state index is 13.7. The van der Waals surface area contributed by atoms with Crippen molar-refractivity contribution < 1.29 is 18.7 Å². The van der Waals surface area contributed by atoms with Crippen LogP contribution in [0, 0.1) is 5.82 Å². The number of anilines is 1. The average Bonchev–Trinajstić information content (AvgIpc) is 2.89. The SMILES string of the molecule is COc1ccc(C2/C=C\CN(C(=O)Nc3ccccc3C(C)C)CC(=O)N2Cc2ccc(F)cc2)cc1. The summed E-state index contributed by atoms with van der Waals surface area (Å²) in [7, 11) is 1.61. The van der Waals surface area contributed by atoms with Crippen LogP contribution in [0.4, 0.5) is 14.9 Å². The first-order valence-corrected chi connectivity index (χ1v) is 12.3. The number of benzene rings is 3. The number of nitrogens with zero attached hydrogens (tertiary/aromatic N) is 2. The number of methoxy groups -OCH3 is 1. The molecule has 0 saturated heterocycles. The van der Waals surface area contributed by atoms with Crippen LogP contribution in [0.1, 0.15) is 42.5 Å². The van der Waals surface area contributed by atoms with Crippen LogP contribution in [0.3, 0.4) is 0 Å². The Balaban J connectivity index is 1.61. The smallest absolute Gasteiger partial charge is 0.322 e. The van der Waals surface area contributed by atoms with Crippen molar-refractivity contribution in [2.24, 2.45) is 0 Å². The lowest BCUT2D eigenvalue weighted by Gasteiger charge is -2.34. The Bertz CT molecular complexity index is 1260. The Morgan fingerprint density at radius 1 is 1.05 bits per heavy atom. The summed E-state index contributed by atoms with van der Waals surface area (Å²) in [5, 5.41) is 2.98. The monoisotopic (exact) mass is 501 g/mol. The molecule has 0 radical (unpaired) electrons. The average molecular weight is 502 g/mol. The molecule has 7 heteroatoms. The third-order valence-electron chi connectivity index (χ3n) is 6.46. The molecule has 4 rings (SSSR count). The summed E-state index contributed by atoms with van der Waals surface area (Å²) >= 11 is 0. The van der Waals surface area contributed by atoms with Crippen molar-refractivity contribution in [1.29, 1.82) is 0 Å². The van der Waals surface area contributed by atoms with Gasteiger partial charge in [-0.2, -0.15) is 0 Å². The Hall–Kier alpha value is -4.13. The Kier molecular flexibility index (Phi) is 8.23. The maximum absolute atomic E-state index is 13.7. The topological polar surface area (TPSA) is 61.9 Å². The number of carbonyl (C=O) groups is 2. The van der Waals surface area contributed by atoms with Gasteiger partial charge in [0.05, 0.1) is 13.2 Å². The molecule has 3 amide bonds. The van der Waals surface area contributed by atoms with E-state index in [9.17, 15) is 14.0 Å². The highest BCUT2D eigenvalue weighted by Crippen LogP contribution is 2.29. The molecule has 3 aromatic rings. The number of amides is 3. The summed E-state index contributed by atoms with van der Waals surface area (Å²) in [6.07, 6.45) is 3.84. The van der Waals surface area contributed by atoms with Crippen molar-refractivity contribution in [2.75, 3.05) is 25.5 Å². The molecule has 0 aromatic heterocycles. The molecule has 1 N–H and O–H groups in total. The number of urea groups is 1. The van der Waals surface area contributed by atoms with E-state index in [0.29, 0.717) is 6.54 Å². The van der Waals surface area contributed by atoms with E-state index in [1.54, 1.807) is 24.1 Å². The van der Waals surface area contributed by atoms with E-state index in [1.807, 2.05) is 60.7 Å². The fourth-order valence-corrected chi connectivity index (χ4v) is 4.42. The van der Waals surface area contributed by atoms with Gasteiger partial charge in [-0.25, -0.2) is 9.18 Å². The zero-order valence-corrected chi connectivity index (χ0v) is 21.4. The van der Waals surface area contributed by atoms with E-state index < -0.39 is 0 Å². The van der Waals surface area contributed by atoms with Gasteiger partial charge in [0.1, 0.15) is 18.1 Å². The summed E-state index contributed by atoms with van der Waals surface area (Å²) in [4.78, 5) is 30.1. The molecule has 0 bridgehead atoms. The second kappa shape index (κ2) is 11.7. The van der Waals surface area contributed by atoms with Gasteiger partial charge in [-0.1, -0.05) is 68.5 Å². The molecule has 0 saturated carbocycles. The molecular formula is C30H32FN3O3. The number of halogens is 1. The predicted molar refractivity (Wildman–Crippen MR) is 143 cm³/mol. The Morgan fingerprint density at radius 2 is 1.76 bits per heavy atom. The molecule has 1 aliphatic heterocycles. The van der Waals surface area contributed by atoms with E-state index >= 15 is 0 Å². The third kappa shape index (κ3) is 6.36. The van der Waals surface area contributed by atoms with Gasteiger partial charge in [-0.05, 0) is 52.9 Å². The Morgan fingerprint density at radius 3 is 2.43 bits per heavy atom. The normalized spacial score (nSPS) is 16.8. The van der Waals surface area contributed by atoms with Crippen LogP contribution in [0.25, 0.3) is 0 Å². The first kappa shape index (κ1) is 25.9. The minimum Gasteiger partial charge on any atom is -0.497 e. The Labute approximate surface area is 217 Å². The van der Waals surface area contributed by atoms with Crippen molar-refractivity contribution in [3.63, 3.8) is 0 Å². The van der Waals surface area contributed by atoms with Crippen LogP contribution in [0.5, 0.6) is 5.75 Å². The summed E-state index contributed by atoms with van der Waals surface area (Å²) in [6.45, 7) is 4.61. The van der Waals surface area contributed by atoms with Crippen molar-refractivity contribution in [3.8, 4) is 5.75 Å². The van der Waals surface area contributed by atoms with E-state index in [2.05, 4.69) is 19.2 Å². The lowest BCUT2D eigenvalue weighted by molar-refractivity contribution is -0.134. The molecule has 192 valence electrons. The van der Waals surface area contributed by atoms with Crippen molar-refractivity contribution in [3.05, 3.63) is 107 Å². The molecule has 6 nitrogen and oxygen atoms in total. The van der Waals surface area contributed by atoms with Crippen LogP contribution >= 0.6 is 0 Å². The number of nitrogens with one attached hydrogen (secondary N) is 1. The minimum absolute atomic E-state index is 0.0894. The number of hydrogen-bond donors (Lipinski definition) is 1. The lowest BCUT2D eigenvalue weighted by Crippen LogP contribution is -2.46. The fraction of sp³-hybridized carbons (Fsp3) is 0.267. The third-order valence-corrected chi connectivity index (χ3v) is 6.46. The number of carbonyl (C=O) groups excluding carboxylic acids is 2. The predicted octanol–water partition coefficient (Wildman–Crippen LogP) is 6.13. The zero-order chi connectivity index (χ0) is 26.4. The number of para-hydroxylation sites is 1. The van der Waals surface area contributed by atoms with Gasteiger partial charge in [0.25, 0.3) is 0 Å². The number of ether oxygens (including phenoxy) is 1. The lowest BCUT2D eigenvalue weighted by atomic mass is 10.0. The van der Waals surface area contributed by atoms with Gasteiger partial charge in [0.15, 0.2) is 0 Å². The minimum atomic E-state index is -0.352. The first-order valence-electron chi connectivity index (χ1n) is 12.3. The standard InChI is InChI=1S/C30H32FN3O3/c1-21(2)26-7-4-5-8-27(26)32-30(36)33-18-6-9-28(23-12-16-25(37-3)17-13-23)34(29(35)20-33)19-22-10-14-24(31)15-11-22/h4-17,21,28H,18-20H2,1-3H3,(H,32,36)/b9-6-. The number of rotatable bonds is 6. The van der Waals surface area contributed by atoms with Crippen LogP contribution in [0.15, 0.2) is 84.9 Å². The van der Waals surface area contributed by atoms with Gasteiger partial charge in [-0.15, -0.1) is 0 Å². The second-order valence-electron chi connectivity index (χ2n) is 9.35. The first-order chi connectivity index (χ1) is 17.9. The summed E-state index contributed by atoms with van der Waals surface area (Å²) < 4.78 is 18.8. The molecule has 1 atom stereocenters. The van der Waals surface area contributed by atoms with Gasteiger partial charge in [-0.3, -0.25) is 4.79 Å². The quantitative estimate of drug-likeness (QED) is 0.413. The zero-order valence-electron chi connectivity index (χ0n) is 21.4. The molecule has 0 fully saturated rings. The highest BCUT2D eigenvalue weighted by molar-refractivity contribution is 5.93. The van der Waals surface area contributed by atoms with Gasteiger partial charge in [0, 0.05) is 18.8 Å². The second-order valence-corrected chi connectivity index (χ2v) is 9.35. The molecule has 1 heterocycles. The van der Waals surface area contributed by atoms with E-state index in [-0.39, 0.29) is 42.8 Å². The van der Waals surface area contributed by atoms with Crippen LogP contribution in [-0.2, 0) is 11.3 Å². The van der Waals surface area contributed by atoms with Gasteiger partial charge in [0.2, 0.25) is 5.91 Å². The molecule has 1 aliphatic rings. The fourth-order valence-electron chi connectivity index (χ4n) is 4.42. The molecule has 0 spiro atoms. The molecule has 3 aromatic carbocycles. The van der Waals surface area contributed by atoms with Gasteiger partial charge < -0.3 is 19.9 Å². The van der Waals surface area contributed by atoms with Gasteiger partial charge >= 0.3 is 6.03 Å². The van der Waals surface area contributed by atoms with E-state index in [1.165, 1.54) is 17.0 Å². The van der Waals surface area contributed by atoms with E-state index in [0.717, 1.165) is 28.1 Å². The summed E-state index contributed by atoms with van der Waals surface area (Å²) in [6, 6.07) is 20.7. The summed E-state index contributed by atoms with van der Waals surface area (Å²) in [5.41, 5.74) is 3.47. The van der Waals surface area contributed by atoms with Crippen LogP contribution in [-0.4, -0.2) is 41.9 Å². The van der Waals surface area contributed by atoms with Crippen molar-refractivity contribution in [2.45, 2.75) is 32.4 Å². The molecule has 1 unspecified atom stereocenters. The van der Waals surface area contributed by atoms with E-state index in [4.69, 9.17) is 4.74 Å². The van der Waals surface area contributed by atoms with Crippen molar-refractivity contribution >= 4 is 17.6 Å². The molecular weight excluding hydrogens is 469 g/mol.